The number of aliphatic hydroxyl groups is 1. The Morgan fingerprint density at radius 2 is 2.07 bits per heavy atom. The van der Waals surface area contributed by atoms with Gasteiger partial charge >= 0.3 is 11.8 Å². The summed E-state index contributed by atoms with van der Waals surface area (Å²) >= 11 is 0. The number of nitrogens with zero attached hydrogens (tertiary/aromatic N) is 2. The van der Waals surface area contributed by atoms with E-state index in [9.17, 15) is 14.5 Å². The van der Waals surface area contributed by atoms with Crippen LogP contribution in [-0.4, -0.2) is 58.0 Å². The maximum atomic E-state index is 15.1. The van der Waals surface area contributed by atoms with Crippen LogP contribution in [0.4, 0.5) is 10.2 Å². The van der Waals surface area contributed by atoms with E-state index < -0.39 is 37.3 Å². The van der Waals surface area contributed by atoms with Crippen molar-refractivity contribution in [3.05, 3.63) is 22.7 Å². The molecule has 0 aromatic carbocycles. The highest BCUT2D eigenvalue weighted by molar-refractivity contribution is 7.56. The summed E-state index contributed by atoms with van der Waals surface area (Å²) in [7, 11) is -3.19. The highest BCUT2D eigenvalue weighted by Gasteiger charge is 2.55. The lowest BCUT2D eigenvalue weighted by atomic mass is 9.98. The van der Waals surface area contributed by atoms with E-state index in [-0.39, 0.29) is 30.5 Å². The zero-order valence-electron chi connectivity index (χ0n) is 17.4. The topological polar surface area (TPSA) is 163 Å². The Labute approximate surface area is 173 Å². The number of ether oxygens (including phenoxy) is 1. The van der Waals surface area contributed by atoms with E-state index in [1.807, 2.05) is 20.8 Å². The van der Waals surface area contributed by atoms with Crippen molar-refractivity contribution in [1.29, 1.82) is 0 Å². The summed E-state index contributed by atoms with van der Waals surface area (Å²) in [5, 5.41) is 13.2. The Hall–Kier alpha value is -1.94. The minimum absolute atomic E-state index is 0.00694. The van der Waals surface area contributed by atoms with Gasteiger partial charge in [0.05, 0.1) is 6.61 Å². The van der Waals surface area contributed by atoms with Crippen LogP contribution in [0.3, 0.4) is 0 Å². The van der Waals surface area contributed by atoms with Crippen molar-refractivity contribution in [2.24, 2.45) is 5.92 Å². The third-order valence-electron chi connectivity index (χ3n) is 4.74. The molecule has 170 valence electrons. The van der Waals surface area contributed by atoms with Crippen LogP contribution in [0.15, 0.2) is 17.1 Å². The summed E-state index contributed by atoms with van der Waals surface area (Å²) in [5.41, 5.74) is 2.35. The fourth-order valence-electron chi connectivity index (χ4n) is 2.73. The van der Waals surface area contributed by atoms with Gasteiger partial charge in [-0.3, -0.25) is 9.13 Å². The molecule has 2 rings (SSSR count). The number of hydrogen-bond donors (Lipinski definition) is 3. The number of nitrogens with one attached hydrogen (secondary N) is 1. The number of aliphatic hydroxyl groups excluding tert-OH is 1. The molecule has 0 amide bonds. The molecule has 0 radical (unpaired) electrons. The summed E-state index contributed by atoms with van der Waals surface area (Å²) in [6.45, 7) is 8.04. The Bertz CT molecular complexity index is 857. The van der Waals surface area contributed by atoms with Gasteiger partial charge in [-0.25, -0.2) is 14.3 Å². The summed E-state index contributed by atoms with van der Waals surface area (Å²) in [6.07, 6.45) is -2.62. The zero-order chi connectivity index (χ0) is 23.3. The van der Waals surface area contributed by atoms with Gasteiger partial charge in [0.15, 0.2) is 11.9 Å². The van der Waals surface area contributed by atoms with Gasteiger partial charge in [0.25, 0.3) is 7.52 Å². The fraction of sp³-hybridized carbons (Fsp3) is 0.706. The Morgan fingerprint density at radius 3 is 2.57 bits per heavy atom. The maximum absolute atomic E-state index is 15.1. The van der Waals surface area contributed by atoms with E-state index in [0.717, 1.165) is 11.5 Å². The first-order chi connectivity index (χ1) is 13.8. The molecule has 13 heteroatoms. The lowest BCUT2D eigenvalue weighted by Crippen LogP contribution is -2.43. The van der Waals surface area contributed by atoms with Crippen LogP contribution in [0.2, 0.25) is 0 Å². The van der Waals surface area contributed by atoms with Crippen LogP contribution < -0.4 is 16.5 Å². The number of nitrogen functional groups attached to an aromatic ring is 1. The SMILES string of the molecule is CC(C)[C@H](C)NP(C)(=O)OC[C@H]1O[C@@H](n2ccc(N)nc2=O)C(C)(F)[C@H]1O.O=C=O. The van der Waals surface area contributed by atoms with Gasteiger partial charge in [-0.1, -0.05) is 13.8 Å². The molecule has 1 fully saturated rings. The van der Waals surface area contributed by atoms with E-state index >= 15 is 4.39 Å². The molecule has 1 aliphatic rings. The van der Waals surface area contributed by atoms with E-state index in [0.29, 0.717) is 0 Å². The summed E-state index contributed by atoms with van der Waals surface area (Å²) < 4.78 is 39.5. The molecule has 2 heterocycles. The van der Waals surface area contributed by atoms with Crippen LogP contribution >= 0.6 is 7.52 Å². The molecule has 1 saturated heterocycles. The van der Waals surface area contributed by atoms with Crippen molar-refractivity contribution < 1.29 is 32.9 Å². The molecule has 30 heavy (non-hydrogen) atoms. The van der Waals surface area contributed by atoms with Crippen LogP contribution in [0, 0.1) is 5.92 Å². The summed E-state index contributed by atoms with van der Waals surface area (Å²) in [5.74, 6) is 0.228. The third kappa shape index (κ3) is 6.53. The van der Waals surface area contributed by atoms with Gasteiger partial charge < -0.3 is 20.1 Å². The van der Waals surface area contributed by atoms with Crippen LogP contribution in [0.25, 0.3) is 0 Å². The predicted molar refractivity (Wildman–Crippen MR) is 104 cm³/mol. The van der Waals surface area contributed by atoms with Crippen molar-refractivity contribution >= 4 is 19.5 Å². The molecule has 1 aromatic heterocycles. The molecule has 0 aliphatic carbocycles. The van der Waals surface area contributed by atoms with Crippen molar-refractivity contribution in [2.75, 3.05) is 19.0 Å². The average Bonchev–Trinajstić information content (AvgIpc) is 2.84. The van der Waals surface area contributed by atoms with Crippen LogP contribution in [-0.2, 0) is 23.4 Å². The monoisotopic (exact) mass is 450 g/mol. The highest BCUT2D eigenvalue weighted by Crippen LogP contribution is 2.44. The fourth-order valence-corrected chi connectivity index (χ4v) is 4.27. The number of rotatable bonds is 7. The molecular weight excluding hydrogens is 422 g/mol. The van der Waals surface area contributed by atoms with Gasteiger partial charge in [-0.15, -0.1) is 0 Å². The van der Waals surface area contributed by atoms with E-state index in [1.165, 1.54) is 18.9 Å². The van der Waals surface area contributed by atoms with Crippen molar-refractivity contribution in [3.63, 3.8) is 0 Å². The smallest absolute Gasteiger partial charge is 0.373 e. The van der Waals surface area contributed by atoms with Gasteiger partial charge in [0.1, 0.15) is 18.0 Å². The largest absolute Gasteiger partial charge is 0.387 e. The van der Waals surface area contributed by atoms with Crippen LogP contribution in [0.5, 0.6) is 0 Å². The zero-order valence-corrected chi connectivity index (χ0v) is 18.3. The number of halogens is 1. The number of aromatic nitrogens is 2. The third-order valence-corrected chi connectivity index (χ3v) is 6.26. The van der Waals surface area contributed by atoms with Gasteiger partial charge in [-0.05, 0) is 25.8 Å². The van der Waals surface area contributed by atoms with Gasteiger partial charge in [-0.2, -0.15) is 14.6 Å². The number of nitrogens with two attached hydrogens (primary N) is 1. The molecule has 6 atom stereocenters. The number of alkyl halides is 1. The van der Waals surface area contributed by atoms with E-state index in [1.54, 1.807) is 0 Å². The number of anilines is 1. The molecule has 4 N–H and O–H groups in total. The minimum Gasteiger partial charge on any atom is -0.387 e. The number of hydrogen-bond acceptors (Lipinski definition) is 9. The second-order valence-corrected chi connectivity index (χ2v) is 9.76. The normalized spacial score (nSPS) is 28.9. The second kappa shape index (κ2) is 10.4. The van der Waals surface area contributed by atoms with Crippen molar-refractivity contribution in [1.82, 2.24) is 14.6 Å². The Balaban J connectivity index is 0.00000141. The molecular formula is C17H28FN4O7P. The van der Waals surface area contributed by atoms with Crippen molar-refractivity contribution in [3.8, 4) is 0 Å². The quantitative estimate of drug-likeness (QED) is 0.504. The lowest BCUT2D eigenvalue weighted by Gasteiger charge is -2.25. The molecule has 0 bridgehead atoms. The first-order valence-electron chi connectivity index (χ1n) is 9.13. The van der Waals surface area contributed by atoms with E-state index in [4.69, 9.17) is 24.6 Å². The maximum Gasteiger partial charge on any atom is 0.373 e. The second-order valence-electron chi connectivity index (χ2n) is 7.55. The van der Waals surface area contributed by atoms with Crippen LogP contribution in [0.1, 0.15) is 33.9 Å². The first-order valence-corrected chi connectivity index (χ1v) is 11.2. The highest BCUT2D eigenvalue weighted by atomic mass is 31.2. The molecule has 2 unspecified atom stereocenters. The Kier molecular flexibility index (Phi) is 9.04. The van der Waals surface area contributed by atoms with Gasteiger partial charge in [0, 0.05) is 18.9 Å². The van der Waals surface area contributed by atoms with E-state index in [2.05, 4.69) is 10.1 Å². The molecule has 0 saturated carbocycles. The summed E-state index contributed by atoms with van der Waals surface area (Å²) in [6, 6.07) is 1.27. The Morgan fingerprint density at radius 1 is 1.50 bits per heavy atom. The molecule has 0 spiro atoms. The van der Waals surface area contributed by atoms with Gasteiger partial charge in [0.2, 0.25) is 0 Å². The first kappa shape index (κ1) is 26.1. The lowest BCUT2D eigenvalue weighted by molar-refractivity contribution is -0.191. The molecule has 1 aliphatic heterocycles. The standard InChI is InChI=1S/C16H28FN4O5P.CO2/c1-9(2)10(3)20-27(5,24)25-8-11-13(22)16(4,17)14(26-11)21-7-6-12(18)19-15(21)23;2-1-3/h6-7,9-11,13-14,22H,8H2,1-5H3,(H,20,24)(H2,18,19,23);/t10-,11+,13-,14+,16?,27?;/m0./s1. The predicted octanol–water partition coefficient (Wildman–Crippen LogP) is 0.702. The average molecular weight is 450 g/mol. The van der Waals surface area contributed by atoms with Crippen molar-refractivity contribution in [2.45, 2.75) is 57.8 Å². The molecule has 11 nitrogen and oxygen atoms in total. The molecule has 1 aromatic rings. The number of carbonyl (C=O) groups excluding carboxylic acids is 2. The minimum atomic E-state index is -3.19. The summed E-state index contributed by atoms with van der Waals surface area (Å²) in [4.78, 5) is 31.8.